The smallest absolute Gasteiger partial charge is 0.304 e. The molecule has 2 rings (SSSR count). The number of carboxylic acids is 2. The van der Waals surface area contributed by atoms with Gasteiger partial charge >= 0.3 is 5.97 Å². The molecule has 0 amide bonds. The van der Waals surface area contributed by atoms with Crippen molar-refractivity contribution >= 4 is 23.5 Å². The van der Waals surface area contributed by atoms with Crippen LogP contribution in [0, 0.1) is 0 Å². The first kappa shape index (κ1) is 20.5. The van der Waals surface area contributed by atoms with Gasteiger partial charge in [0.1, 0.15) is 12.4 Å². The van der Waals surface area contributed by atoms with Crippen LogP contribution >= 0.6 is 11.6 Å². The van der Waals surface area contributed by atoms with Crippen LogP contribution in [-0.2, 0) is 9.59 Å². The van der Waals surface area contributed by atoms with Crippen molar-refractivity contribution in [2.45, 2.75) is 12.3 Å². The minimum atomic E-state index is -1.21. The molecule has 0 aliphatic carbocycles. The van der Waals surface area contributed by atoms with Crippen LogP contribution in [0.2, 0.25) is 5.02 Å². The SMILES string of the molecule is O=C([O-])COc1ccccc1.[NH3+]C[C@H](CC(=O)O)c1ccc(Cl)cc1. The largest absolute Gasteiger partial charge is 0.546 e. The lowest BCUT2D eigenvalue weighted by Gasteiger charge is -2.10. The average molecular weight is 366 g/mol. The van der Waals surface area contributed by atoms with Crippen LogP contribution in [0.1, 0.15) is 17.9 Å². The Morgan fingerprint density at radius 1 is 1.12 bits per heavy atom. The lowest BCUT2D eigenvalue weighted by molar-refractivity contribution is -0.372. The fourth-order valence-corrected chi connectivity index (χ4v) is 2.12. The Kier molecular flexibility index (Phi) is 9.06. The summed E-state index contributed by atoms with van der Waals surface area (Å²) in [6.07, 6.45) is 0.116. The number of hydrogen-bond donors (Lipinski definition) is 2. The van der Waals surface area contributed by atoms with Crippen molar-refractivity contribution in [3.63, 3.8) is 0 Å². The zero-order chi connectivity index (χ0) is 18.7. The molecule has 0 aliphatic rings. The van der Waals surface area contributed by atoms with Gasteiger partial charge in [0.2, 0.25) is 0 Å². The highest BCUT2D eigenvalue weighted by Crippen LogP contribution is 2.20. The van der Waals surface area contributed by atoms with Gasteiger partial charge in [0, 0.05) is 10.9 Å². The highest BCUT2D eigenvalue weighted by atomic mass is 35.5. The summed E-state index contributed by atoms with van der Waals surface area (Å²) in [7, 11) is 0. The predicted molar refractivity (Wildman–Crippen MR) is 91.1 cm³/mol. The number of para-hydroxylation sites is 1. The van der Waals surface area contributed by atoms with Crippen LogP contribution in [0.3, 0.4) is 0 Å². The van der Waals surface area contributed by atoms with Crippen LogP contribution in [0.25, 0.3) is 0 Å². The lowest BCUT2D eigenvalue weighted by Crippen LogP contribution is -2.53. The normalized spacial score (nSPS) is 11.0. The maximum absolute atomic E-state index is 10.6. The molecule has 2 aromatic carbocycles. The summed E-state index contributed by atoms with van der Waals surface area (Å²) in [5.74, 6) is -1.50. The third-order valence-corrected chi connectivity index (χ3v) is 3.46. The number of quaternary nitrogens is 1. The van der Waals surface area contributed by atoms with E-state index in [1.54, 1.807) is 36.4 Å². The first-order chi connectivity index (χ1) is 11.9. The maximum atomic E-state index is 10.6. The Balaban J connectivity index is 0.000000257. The third-order valence-electron chi connectivity index (χ3n) is 3.21. The van der Waals surface area contributed by atoms with Crippen LogP contribution in [0.5, 0.6) is 5.75 Å². The summed E-state index contributed by atoms with van der Waals surface area (Å²) < 4.78 is 4.81. The van der Waals surface area contributed by atoms with Crippen molar-refractivity contribution in [1.82, 2.24) is 0 Å². The fourth-order valence-electron chi connectivity index (χ4n) is 1.99. The van der Waals surface area contributed by atoms with Gasteiger partial charge in [-0.1, -0.05) is 41.9 Å². The van der Waals surface area contributed by atoms with E-state index in [4.69, 9.17) is 21.4 Å². The van der Waals surface area contributed by atoms with Gasteiger partial charge in [0.15, 0.2) is 0 Å². The fraction of sp³-hybridized carbons (Fsp3) is 0.222. The Hall–Kier alpha value is -2.57. The zero-order valence-electron chi connectivity index (χ0n) is 13.6. The van der Waals surface area contributed by atoms with E-state index in [0.29, 0.717) is 17.3 Å². The number of carbonyl (C=O) groups excluding carboxylic acids is 1. The molecule has 0 aliphatic heterocycles. The summed E-state index contributed by atoms with van der Waals surface area (Å²) in [4.78, 5) is 20.5. The van der Waals surface area contributed by atoms with Gasteiger partial charge in [-0.25, -0.2) is 0 Å². The van der Waals surface area contributed by atoms with Crippen LogP contribution < -0.4 is 15.6 Å². The second kappa shape index (κ2) is 11.1. The quantitative estimate of drug-likeness (QED) is 0.758. The standard InChI is InChI=1S/C10H12ClNO2.C8H8O3/c11-9-3-1-7(2-4-9)8(6-12)5-10(13)14;9-8(10)6-11-7-4-2-1-3-5-7/h1-4,8H,5-6,12H2,(H,13,14);1-5H,6H2,(H,9,10)/t8-;/m0./s1. The molecule has 0 heterocycles. The Morgan fingerprint density at radius 2 is 1.72 bits per heavy atom. The zero-order valence-corrected chi connectivity index (χ0v) is 14.3. The molecule has 1 atom stereocenters. The van der Waals surface area contributed by atoms with Crippen LogP contribution in [0.4, 0.5) is 0 Å². The van der Waals surface area contributed by atoms with Gasteiger partial charge in [0.05, 0.1) is 18.9 Å². The van der Waals surface area contributed by atoms with Crippen LogP contribution in [-0.4, -0.2) is 30.2 Å². The second-order valence-electron chi connectivity index (χ2n) is 5.11. The van der Waals surface area contributed by atoms with Gasteiger partial charge in [0.25, 0.3) is 0 Å². The molecule has 0 saturated carbocycles. The minimum Gasteiger partial charge on any atom is -0.546 e. The van der Waals surface area contributed by atoms with E-state index in [-0.39, 0.29) is 12.3 Å². The molecule has 2 aromatic rings. The van der Waals surface area contributed by atoms with E-state index in [1.165, 1.54) is 0 Å². The van der Waals surface area contributed by atoms with Crippen molar-refractivity contribution in [1.29, 1.82) is 0 Å². The average Bonchev–Trinajstić information content (AvgIpc) is 2.60. The van der Waals surface area contributed by atoms with Gasteiger partial charge in [-0.05, 0) is 29.8 Å². The molecule has 0 bridgehead atoms. The number of hydrogen-bond acceptors (Lipinski definition) is 4. The van der Waals surface area contributed by atoms with Crippen molar-refractivity contribution < 1.29 is 30.3 Å². The van der Waals surface area contributed by atoms with E-state index in [9.17, 15) is 14.7 Å². The predicted octanol–water partition coefficient (Wildman–Crippen LogP) is 0.955. The first-order valence-corrected chi connectivity index (χ1v) is 7.94. The molecule has 7 heteroatoms. The van der Waals surface area contributed by atoms with Gasteiger partial charge in [-0.15, -0.1) is 0 Å². The number of aliphatic carboxylic acids is 2. The minimum absolute atomic E-state index is 0.0234. The summed E-state index contributed by atoms with van der Waals surface area (Å²) in [5.41, 5.74) is 4.72. The van der Waals surface area contributed by atoms with E-state index >= 15 is 0 Å². The Morgan fingerprint density at radius 3 is 2.20 bits per heavy atom. The molecule has 0 unspecified atom stereocenters. The van der Waals surface area contributed by atoms with Crippen molar-refractivity contribution in [3.8, 4) is 5.75 Å². The summed E-state index contributed by atoms with van der Waals surface area (Å²) in [6, 6.07) is 16.0. The topological polar surface area (TPSA) is 114 Å². The van der Waals surface area contributed by atoms with Gasteiger partial charge < -0.3 is 25.5 Å². The van der Waals surface area contributed by atoms with E-state index in [1.807, 2.05) is 18.2 Å². The molecule has 0 spiro atoms. The maximum Gasteiger partial charge on any atom is 0.304 e. The monoisotopic (exact) mass is 365 g/mol. The molecular weight excluding hydrogens is 346 g/mol. The third kappa shape index (κ3) is 8.74. The Bertz CT molecular complexity index is 661. The summed E-state index contributed by atoms with van der Waals surface area (Å²) >= 11 is 5.73. The van der Waals surface area contributed by atoms with Crippen molar-refractivity contribution in [2.24, 2.45) is 0 Å². The number of carbonyl (C=O) groups is 2. The second-order valence-corrected chi connectivity index (χ2v) is 5.55. The number of rotatable bonds is 7. The molecular formula is C18H20ClNO5. The highest BCUT2D eigenvalue weighted by Gasteiger charge is 2.15. The molecule has 0 radical (unpaired) electrons. The van der Waals surface area contributed by atoms with E-state index in [2.05, 4.69) is 5.73 Å². The molecule has 6 nitrogen and oxygen atoms in total. The Labute approximate surface area is 150 Å². The van der Waals surface area contributed by atoms with Gasteiger partial charge in [-0.3, -0.25) is 4.79 Å². The van der Waals surface area contributed by atoms with E-state index < -0.39 is 18.5 Å². The van der Waals surface area contributed by atoms with Crippen LogP contribution in [0.15, 0.2) is 54.6 Å². The molecule has 0 saturated heterocycles. The number of ether oxygens (including phenoxy) is 1. The molecule has 0 aromatic heterocycles. The lowest BCUT2D eigenvalue weighted by atomic mass is 9.96. The van der Waals surface area contributed by atoms with Crippen molar-refractivity contribution in [2.75, 3.05) is 13.2 Å². The number of carboxylic acid groups (broad SMARTS) is 2. The summed E-state index contributed by atoms with van der Waals surface area (Å²) in [5, 5.41) is 19.3. The van der Waals surface area contributed by atoms with E-state index in [0.717, 1.165) is 5.56 Å². The summed E-state index contributed by atoms with van der Waals surface area (Å²) in [6.45, 7) is 0.179. The number of halogens is 1. The number of benzene rings is 2. The molecule has 4 N–H and O–H groups in total. The highest BCUT2D eigenvalue weighted by molar-refractivity contribution is 6.30. The first-order valence-electron chi connectivity index (χ1n) is 7.56. The van der Waals surface area contributed by atoms with Crippen molar-refractivity contribution in [3.05, 3.63) is 65.2 Å². The molecule has 134 valence electrons. The molecule has 0 fully saturated rings. The van der Waals surface area contributed by atoms with Gasteiger partial charge in [-0.2, -0.15) is 0 Å². The molecule has 25 heavy (non-hydrogen) atoms.